The van der Waals surface area contributed by atoms with E-state index in [4.69, 9.17) is 11.6 Å². The van der Waals surface area contributed by atoms with E-state index in [2.05, 4.69) is 0 Å². The van der Waals surface area contributed by atoms with E-state index in [1.54, 1.807) is 72.8 Å². The highest BCUT2D eigenvalue weighted by atomic mass is 35.5. The van der Waals surface area contributed by atoms with Crippen molar-refractivity contribution in [2.24, 2.45) is 0 Å². The number of nitrogens with zero attached hydrogens (tertiary/aromatic N) is 2. The average molecular weight is 533 g/mol. The zero-order valence-corrected chi connectivity index (χ0v) is 21.1. The number of aliphatic hydroxyl groups is 1. The maximum absolute atomic E-state index is 14.1. The monoisotopic (exact) mass is 532 g/mol. The number of benzene rings is 4. The molecule has 9 heteroatoms. The summed E-state index contributed by atoms with van der Waals surface area (Å²) < 4.78 is 29.4. The van der Waals surface area contributed by atoms with Crippen molar-refractivity contribution in [3.8, 4) is 11.3 Å². The summed E-state index contributed by atoms with van der Waals surface area (Å²) in [5.74, 6) is 0. The molecule has 0 fully saturated rings. The zero-order valence-electron chi connectivity index (χ0n) is 19.6. The Morgan fingerprint density at radius 1 is 0.919 bits per heavy atom. The highest BCUT2D eigenvalue weighted by molar-refractivity contribution is 7.90. The standard InChI is InChI=1S/C28H21ClN2O5S/c1-18-11-14-21(15-12-18)37(35,36)30-24-10-6-5-9-22(24)26(27(30)19-7-3-2-4-8-19)28(32)20-13-16-25(31(33)34)23(29)17-20/h2-17,28,32H,1H3. The van der Waals surface area contributed by atoms with Gasteiger partial charge in [-0.15, -0.1) is 0 Å². The molecule has 4 aromatic carbocycles. The SMILES string of the molecule is Cc1ccc(S(=O)(=O)n2c(-c3ccccc3)c(C(O)c3ccc([N+](=O)[O-])c(Cl)c3)c3ccccc32)cc1. The maximum atomic E-state index is 14.1. The van der Waals surface area contributed by atoms with Crippen molar-refractivity contribution in [3.63, 3.8) is 0 Å². The summed E-state index contributed by atoms with van der Waals surface area (Å²) in [6, 6.07) is 26.4. The van der Waals surface area contributed by atoms with E-state index >= 15 is 0 Å². The van der Waals surface area contributed by atoms with E-state index < -0.39 is 21.1 Å². The third-order valence-corrected chi connectivity index (χ3v) is 8.27. The van der Waals surface area contributed by atoms with E-state index in [1.807, 2.05) is 13.0 Å². The molecule has 0 saturated carbocycles. The number of nitro groups is 1. The van der Waals surface area contributed by atoms with Gasteiger partial charge in [0, 0.05) is 17.0 Å². The molecular formula is C28H21ClN2O5S. The molecule has 37 heavy (non-hydrogen) atoms. The van der Waals surface area contributed by atoms with Crippen LogP contribution in [0.25, 0.3) is 22.2 Å². The Balaban J connectivity index is 1.85. The van der Waals surface area contributed by atoms with E-state index in [0.29, 0.717) is 33.3 Å². The van der Waals surface area contributed by atoms with Gasteiger partial charge in [-0.3, -0.25) is 10.1 Å². The van der Waals surface area contributed by atoms with Crippen molar-refractivity contribution in [2.75, 3.05) is 0 Å². The molecule has 1 heterocycles. The lowest BCUT2D eigenvalue weighted by Crippen LogP contribution is -2.15. The minimum Gasteiger partial charge on any atom is -0.384 e. The van der Waals surface area contributed by atoms with Crippen LogP contribution < -0.4 is 0 Å². The molecule has 0 aliphatic heterocycles. The Bertz CT molecular complexity index is 1750. The fraction of sp³-hybridized carbons (Fsp3) is 0.0714. The van der Waals surface area contributed by atoms with Crippen molar-refractivity contribution < 1.29 is 18.4 Å². The predicted octanol–water partition coefficient (Wildman–Crippen LogP) is 6.50. The van der Waals surface area contributed by atoms with E-state index in [-0.39, 0.29) is 15.6 Å². The molecule has 0 radical (unpaired) electrons. The maximum Gasteiger partial charge on any atom is 0.287 e. The summed E-state index contributed by atoms with van der Waals surface area (Å²) in [7, 11) is -4.09. The minimum atomic E-state index is -4.09. The molecule has 1 N–H and O–H groups in total. The first kappa shape index (κ1) is 24.7. The van der Waals surface area contributed by atoms with E-state index in [1.165, 1.54) is 22.2 Å². The number of para-hydroxylation sites is 1. The predicted molar refractivity (Wildman–Crippen MR) is 143 cm³/mol. The average Bonchev–Trinajstić information content (AvgIpc) is 3.25. The van der Waals surface area contributed by atoms with Gasteiger partial charge in [0.2, 0.25) is 0 Å². The summed E-state index contributed by atoms with van der Waals surface area (Å²) >= 11 is 6.15. The summed E-state index contributed by atoms with van der Waals surface area (Å²) in [5, 5.41) is 23.3. The number of aromatic nitrogens is 1. The number of halogens is 1. The summed E-state index contributed by atoms with van der Waals surface area (Å²) in [6.45, 7) is 1.88. The van der Waals surface area contributed by atoms with Crippen LogP contribution >= 0.6 is 11.6 Å². The summed E-state index contributed by atoms with van der Waals surface area (Å²) in [4.78, 5) is 10.7. The van der Waals surface area contributed by atoms with Crippen LogP contribution in [0, 0.1) is 17.0 Å². The lowest BCUT2D eigenvalue weighted by Gasteiger charge is -2.17. The molecule has 5 aromatic rings. The number of hydrogen-bond donors (Lipinski definition) is 1. The Hall–Kier alpha value is -3.98. The Labute approximate surface area is 218 Å². The molecule has 0 spiro atoms. The van der Waals surface area contributed by atoms with Crippen LogP contribution in [0.2, 0.25) is 5.02 Å². The van der Waals surface area contributed by atoms with Gasteiger partial charge in [-0.25, -0.2) is 12.4 Å². The van der Waals surface area contributed by atoms with Crippen LogP contribution in [-0.2, 0) is 10.0 Å². The van der Waals surface area contributed by atoms with Gasteiger partial charge >= 0.3 is 0 Å². The van der Waals surface area contributed by atoms with Crippen LogP contribution in [0.15, 0.2) is 102 Å². The molecule has 0 aliphatic carbocycles. The first-order valence-electron chi connectivity index (χ1n) is 11.3. The van der Waals surface area contributed by atoms with Crippen molar-refractivity contribution in [1.29, 1.82) is 0 Å². The number of hydrogen-bond acceptors (Lipinski definition) is 5. The summed E-state index contributed by atoms with van der Waals surface area (Å²) in [5.41, 5.74) is 2.55. The number of rotatable bonds is 6. The van der Waals surface area contributed by atoms with Crippen molar-refractivity contribution in [3.05, 3.63) is 129 Å². The Morgan fingerprint density at radius 3 is 2.22 bits per heavy atom. The topological polar surface area (TPSA) is 102 Å². The Kier molecular flexibility index (Phi) is 6.33. The van der Waals surface area contributed by atoms with Crippen LogP contribution in [0.4, 0.5) is 5.69 Å². The molecule has 5 rings (SSSR count). The van der Waals surface area contributed by atoms with Crippen molar-refractivity contribution >= 4 is 38.2 Å². The molecule has 1 unspecified atom stereocenters. The lowest BCUT2D eigenvalue weighted by atomic mass is 9.95. The highest BCUT2D eigenvalue weighted by Gasteiger charge is 2.31. The molecular weight excluding hydrogens is 512 g/mol. The summed E-state index contributed by atoms with van der Waals surface area (Å²) in [6.07, 6.45) is -1.33. The lowest BCUT2D eigenvalue weighted by molar-refractivity contribution is -0.384. The molecule has 0 saturated heterocycles. The largest absolute Gasteiger partial charge is 0.384 e. The van der Waals surface area contributed by atoms with Crippen LogP contribution in [0.3, 0.4) is 0 Å². The second-order valence-corrected chi connectivity index (χ2v) is 10.8. The second-order valence-electron chi connectivity index (χ2n) is 8.60. The molecule has 7 nitrogen and oxygen atoms in total. The fourth-order valence-electron chi connectivity index (χ4n) is 4.45. The molecule has 0 bridgehead atoms. The minimum absolute atomic E-state index is 0.107. The van der Waals surface area contributed by atoms with Gasteiger partial charge < -0.3 is 5.11 Å². The van der Waals surface area contributed by atoms with Crippen molar-refractivity contribution in [2.45, 2.75) is 17.9 Å². The molecule has 1 atom stereocenters. The number of nitro benzene ring substituents is 1. The first-order valence-corrected chi connectivity index (χ1v) is 13.1. The second kappa shape index (κ2) is 9.48. The molecule has 1 aromatic heterocycles. The number of aryl methyl sites for hydroxylation is 1. The smallest absolute Gasteiger partial charge is 0.287 e. The van der Waals surface area contributed by atoms with Gasteiger partial charge in [-0.1, -0.05) is 77.8 Å². The van der Waals surface area contributed by atoms with E-state index in [0.717, 1.165) is 5.56 Å². The first-order chi connectivity index (χ1) is 17.7. The quantitative estimate of drug-likeness (QED) is 0.199. The Morgan fingerprint density at radius 2 is 1.57 bits per heavy atom. The van der Waals surface area contributed by atoms with Crippen LogP contribution in [0.5, 0.6) is 0 Å². The van der Waals surface area contributed by atoms with Crippen LogP contribution in [-0.4, -0.2) is 22.4 Å². The van der Waals surface area contributed by atoms with Gasteiger partial charge in [-0.05, 0) is 48.4 Å². The van der Waals surface area contributed by atoms with Gasteiger partial charge in [0.1, 0.15) is 11.1 Å². The molecule has 0 aliphatic rings. The third kappa shape index (κ3) is 4.29. The van der Waals surface area contributed by atoms with Crippen LogP contribution in [0.1, 0.15) is 22.8 Å². The molecule has 0 amide bonds. The number of aliphatic hydroxyl groups excluding tert-OH is 1. The van der Waals surface area contributed by atoms with Crippen molar-refractivity contribution in [1.82, 2.24) is 3.97 Å². The zero-order chi connectivity index (χ0) is 26.3. The number of fused-ring (bicyclic) bond motifs is 1. The van der Waals surface area contributed by atoms with Gasteiger partial charge in [0.05, 0.1) is 21.0 Å². The van der Waals surface area contributed by atoms with Gasteiger partial charge in [-0.2, -0.15) is 0 Å². The highest BCUT2D eigenvalue weighted by Crippen LogP contribution is 2.42. The van der Waals surface area contributed by atoms with Gasteiger partial charge in [0.15, 0.2) is 0 Å². The fourth-order valence-corrected chi connectivity index (χ4v) is 6.27. The normalized spacial score (nSPS) is 12.5. The molecule has 186 valence electrons. The van der Waals surface area contributed by atoms with Gasteiger partial charge in [0.25, 0.3) is 15.7 Å². The third-order valence-electron chi connectivity index (χ3n) is 6.24. The van der Waals surface area contributed by atoms with E-state index in [9.17, 15) is 23.6 Å².